The van der Waals surface area contributed by atoms with E-state index in [1.807, 2.05) is 12.1 Å². The van der Waals surface area contributed by atoms with E-state index in [1.165, 1.54) is 18.2 Å². The lowest BCUT2D eigenvalue weighted by molar-refractivity contribution is 0.298. The van der Waals surface area contributed by atoms with E-state index in [-0.39, 0.29) is 9.79 Å². The van der Waals surface area contributed by atoms with Crippen LogP contribution >= 0.6 is 0 Å². The van der Waals surface area contributed by atoms with Gasteiger partial charge in [-0.05, 0) is 67.9 Å². The lowest BCUT2D eigenvalue weighted by atomic mass is 9.91. The fourth-order valence-electron chi connectivity index (χ4n) is 4.55. The highest BCUT2D eigenvalue weighted by Gasteiger charge is 2.38. The van der Waals surface area contributed by atoms with Crippen LogP contribution in [0.1, 0.15) is 31.2 Å². The smallest absolute Gasteiger partial charge is 0.206 e. The number of hydrogen-bond donors (Lipinski definition) is 0. The summed E-state index contributed by atoms with van der Waals surface area (Å²) in [7, 11) is -1.63. The quantitative estimate of drug-likeness (QED) is 0.804. The third kappa shape index (κ3) is 3.15. The number of fused-ring (bicyclic) bond motifs is 3. The number of halogens is 1. The highest BCUT2D eigenvalue weighted by Crippen LogP contribution is 2.45. The molecule has 2 aliphatic rings. The number of nitrogens with zero attached hydrogens (tertiary/aromatic N) is 2. The van der Waals surface area contributed by atoms with Crippen molar-refractivity contribution in [2.75, 3.05) is 31.6 Å². The van der Waals surface area contributed by atoms with Crippen LogP contribution in [0, 0.1) is 5.82 Å². The fourth-order valence-corrected chi connectivity index (χ4v) is 5.88. The predicted octanol–water partition coefficient (Wildman–Crippen LogP) is 3.68. The Bertz CT molecular complexity index is 960. The van der Waals surface area contributed by atoms with E-state index in [4.69, 9.17) is 0 Å². The average Bonchev–Trinajstić information content (AvgIpc) is 2.82. The van der Waals surface area contributed by atoms with Gasteiger partial charge in [0.1, 0.15) is 5.82 Å². The molecule has 1 saturated heterocycles. The van der Waals surface area contributed by atoms with Crippen molar-refractivity contribution in [1.29, 1.82) is 0 Å². The van der Waals surface area contributed by atoms with E-state index in [2.05, 4.69) is 23.8 Å². The third-order valence-corrected chi connectivity index (χ3v) is 7.85. The number of benzene rings is 2. The Hall–Kier alpha value is -1.92. The van der Waals surface area contributed by atoms with Gasteiger partial charge < -0.3 is 9.80 Å². The van der Waals surface area contributed by atoms with Crippen LogP contribution in [0.5, 0.6) is 0 Å². The lowest BCUT2D eigenvalue weighted by Crippen LogP contribution is -2.31. The van der Waals surface area contributed by atoms with Crippen molar-refractivity contribution in [3.63, 3.8) is 0 Å². The Morgan fingerprint density at radius 1 is 1.07 bits per heavy atom. The van der Waals surface area contributed by atoms with Crippen molar-refractivity contribution in [2.45, 2.75) is 41.5 Å². The molecule has 0 aliphatic carbocycles. The molecular formula is C21H25FN2O2S. The van der Waals surface area contributed by atoms with Crippen LogP contribution in [-0.4, -0.2) is 46.0 Å². The van der Waals surface area contributed by atoms with Gasteiger partial charge in [0.15, 0.2) is 0 Å². The van der Waals surface area contributed by atoms with Crippen molar-refractivity contribution in [2.24, 2.45) is 0 Å². The molecule has 0 amide bonds. The second-order valence-corrected chi connectivity index (χ2v) is 9.43. The maximum absolute atomic E-state index is 13.5. The molecular weight excluding hydrogens is 363 g/mol. The molecule has 2 aliphatic heterocycles. The van der Waals surface area contributed by atoms with Crippen LogP contribution < -0.4 is 4.90 Å². The predicted molar refractivity (Wildman–Crippen MR) is 105 cm³/mol. The summed E-state index contributed by atoms with van der Waals surface area (Å²) >= 11 is 0. The molecule has 0 spiro atoms. The van der Waals surface area contributed by atoms with Gasteiger partial charge in [-0.25, -0.2) is 12.8 Å². The number of anilines is 1. The molecule has 0 radical (unpaired) electrons. The number of sulfone groups is 1. The summed E-state index contributed by atoms with van der Waals surface area (Å²) in [4.78, 5) is 5.01. The van der Waals surface area contributed by atoms with Gasteiger partial charge in [-0.15, -0.1) is 0 Å². The zero-order chi connectivity index (χ0) is 19.2. The van der Waals surface area contributed by atoms with Crippen LogP contribution in [0.15, 0.2) is 52.3 Å². The molecule has 6 heteroatoms. The van der Waals surface area contributed by atoms with Crippen molar-refractivity contribution >= 4 is 15.5 Å². The first-order chi connectivity index (χ1) is 12.9. The topological polar surface area (TPSA) is 40.6 Å². The molecule has 1 fully saturated rings. The Morgan fingerprint density at radius 3 is 2.56 bits per heavy atom. The van der Waals surface area contributed by atoms with E-state index in [1.54, 1.807) is 6.07 Å². The zero-order valence-corrected chi connectivity index (χ0v) is 16.5. The zero-order valence-electron chi connectivity index (χ0n) is 15.7. The van der Waals surface area contributed by atoms with E-state index >= 15 is 0 Å². The molecule has 0 aromatic heterocycles. The first-order valence-corrected chi connectivity index (χ1v) is 11.0. The van der Waals surface area contributed by atoms with Gasteiger partial charge in [-0.3, -0.25) is 0 Å². The SMILES string of the molecule is CCN1CC[C@H]2c3cc(S(=O)(=O)c4cccc(F)c4)ccc3N(C)[C@H]2CC1. The summed E-state index contributed by atoms with van der Waals surface area (Å²) in [6.45, 7) is 5.34. The largest absolute Gasteiger partial charge is 0.371 e. The second kappa shape index (κ2) is 6.91. The first kappa shape index (κ1) is 18.4. The Labute approximate surface area is 160 Å². The summed E-state index contributed by atoms with van der Waals surface area (Å²) < 4.78 is 39.6. The Morgan fingerprint density at radius 2 is 1.81 bits per heavy atom. The highest BCUT2D eigenvalue weighted by atomic mass is 32.2. The summed E-state index contributed by atoms with van der Waals surface area (Å²) in [6.07, 6.45) is 2.11. The molecule has 2 atom stereocenters. The number of rotatable bonds is 3. The Kier molecular flexibility index (Phi) is 4.72. The van der Waals surface area contributed by atoms with Gasteiger partial charge in [0.2, 0.25) is 9.84 Å². The minimum atomic E-state index is -3.73. The van der Waals surface area contributed by atoms with E-state index in [9.17, 15) is 12.8 Å². The minimum Gasteiger partial charge on any atom is -0.371 e. The number of likely N-dealkylation sites (tertiary alicyclic amines) is 1. The average molecular weight is 389 g/mol. The molecule has 0 saturated carbocycles. The Balaban J connectivity index is 1.73. The van der Waals surface area contributed by atoms with Gasteiger partial charge in [-0.1, -0.05) is 13.0 Å². The summed E-state index contributed by atoms with van der Waals surface area (Å²) in [6, 6.07) is 11.0. The van der Waals surface area contributed by atoms with Gasteiger partial charge in [-0.2, -0.15) is 0 Å². The normalized spacial score (nSPS) is 23.0. The number of hydrogen-bond acceptors (Lipinski definition) is 4. The van der Waals surface area contributed by atoms with Crippen LogP contribution in [0.25, 0.3) is 0 Å². The summed E-state index contributed by atoms with van der Waals surface area (Å²) in [5.74, 6) is -0.204. The van der Waals surface area contributed by atoms with Crippen LogP contribution in [-0.2, 0) is 9.84 Å². The second-order valence-electron chi connectivity index (χ2n) is 7.48. The van der Waals surface area contributed by atoms with Crippen molar-refractivity contribution in [3.8, 4) is 0 Å². The molecule has 0 bridgehead atoms. The maximum Gasteiger partial charge on any atom is 0.206 e. The van der Waals surface area contributed by atoms with E-state index < -0.39 is 15.7 Å². The maximum atomic E-state index is 13.5. The van der Waals surface area contributed by atoms with Crippen LogP contribution in [0.4, 0.5) is 10.1 Å². The van der Waals surface area contributed by atoms with Crippen molar-refractivity contribution in [3.05, 3.63) is 53.8 Å². The van der Waals surface area contributed by atoms with Gasteiger partial charge in [0, 0.05) is 31.2 Å². The molecule has 2 aromatic rings. The molecule has 0 unspecified atom stereocenters. The van der Waals surface area contributed by atoms with Crippen LogP contribution in [0.2, 0.25) is 0 Å². The molecule has 2 heterocycles. The highest BCUT2D eigenvalue weighted by molar-refractivity contribution is 7.91. The van der Waals surface area contributed by atoms with E-state index in [0.29, 0.717) is 12.0 Å². The molecule has 4 rings (SSSR count). The standard InChI is InChI=1S/C21H25FN2O2S/c1-3-24-11-9-18-19-14-17(7-8-20(19)23(2)21(18)10-12-24)27(25,26)16-6-4-5-15(22)13-16/h4-8,13-14,18,21H,3,9-12H2,1-2H3/t18-,21-/m0/s1. The van der Waals surface area contributed by atoms with Crippen molar-refractivity contribution in [1.82, 2.24) is 4.90 Å². The summed E-state index contributed by atoms with van der Waals surface area (Å²) in [5.41, 5.74) is 2.23. The van der Waals surface area contributed by atoms with Crippen LogP contribution in [0.3, 0.4) is 0 Å². The van der Waals surface area contributed by atoms with Gasteiger partial charge in [0.05, 0.1) is 9.79 Å². The van der Waals surface area contributed by atoms with Gasteiger partial charge >= 0.3 is 0 Å². The van der Waals surface area contributed by atoms with Crippen molar-refractivity contribution < 1.29 is 12.8 Å². The molecule has 144 valence electrons. The molecule has 27 heavy (non-hydrogen) atoms. The lowest BCUT2D eigenvalue weighted by Gasteiger charge is -2.25. The minimum absolute atomic E-state index is 0.00313. The van der Waals surface area contributed by atoms with Gasteiger partial charge in [0.25, 0.3) is 0 Å². The molecule has 0 N–H and O–H groups in total. The summed E-state index contributed by atoms with van der Waals surface area (Å²) in [5, 5.41) is 0. The first-order valence-electron chi connectivity index (χ1n) is 9.51. The monoisotopic (exact) mass is 388 g/mol. The van der Waals surface area contributed by atoms with E-state index in [0.717, 1.165) is 49.8 Å². The molecule has 2 aromatic carbocycles. The number of likely N-dealkylation sites (N-methyl/N-ethyl adjacent to an activating group) is 1. The molecule has 4 nitrogen and oxygen atoms in total. The third-order valence-electron chi connectivity index (χ3n) is 6.10. The fraction of sp³-hybridized carbons (Fsp3) is 0.429.